The van der Waals surface area contributed by atoms with E-state index in [2.05, 4.69) is 55.0 Å². The first-order valence-corrected chi connectivity index (χ1v) is 6.18. The number of hydrogen-bond donors (Lipinski definition) is 0. The molecule has 0 saturated carbocycles. The second-order valence-corrected chi connectivity index (χ2v) is 4.07. The van der Waals surface area contributed by atoms with Gasteiger partial charge in [0.2, 0.25) is 0 Å². The van der Waals surface area contributed by atoms with Crippen molar-refractivity contribution >= 4 is 18.0 Å². The molecule has 0 unspecified atom stereocenters. The van der Waals surface area contributed by atoms with E-state index in [4.69, 9.17) is 0 Å². The first-order valence-electron chi connectivity index (χ1n) is 6.18. The van der Waals surface area contributed by atoms with Crippen LogP contribution in [-0.2, 0) is 0 Å². The Balaban J connectivity index is 2.56. The predicted molar refractivity (Wildman–Crippen MR) is 79.5 cm³/mol. The molecule has 0 N–H and O–H groups in total. The molecule has 0 aliphatic rings. The van der Waals surface area contributed by atoms with Crippen LogP contribution in [0.15, 0.2) is 65.7 Å². The molecule has 0 radical (unpaired) electrons. The van der Waals surface area contributed by atoms with Crippen molar-refractivity contribution in [2.24, 2.45) is 4.99 Å². The van der Waals surface area contributed by atoms with E-state index < -0.39 is 0 Å². The van der Waals surface area contributed by atoms with E-state index in [0.717, 1.165) is 17.7 Å². The summed E-state index contributed by atoms with van der Waals surface area (Å²) in [6.07, 6.45) is 3.23. The molecule has 0 aliphatic heterocycles. The molecule has 0 atom stereocenters. The molecule has 1 heteroatoms. The lowest BCUT2D eigenvalue weighted by Gasteiger charge is -2.10. The minimum absolute atomic E-state index is 0.932. The molecule has 0 aliphatic carbocycles. The molecule has 18 heavy (non-hydrogen) atoms. The van der Waals surface area contributed by atoms with Gasteiger partial charge in [0.05, 0.1) is 5.69 Å². The van der Waals surface area contributed by atoms with Crippen LogP contribution >= 0.6 is 0 Å². The maximum Gasteiger partial charge on any atom is 0.0700 e. The van der Waals surface area contributed by atoms with Crippen molar-refractivity contribution in [3.8, 4) is 0 Å². The maximum absolute atomic E-state index is 4.11. The topological polar surface area (TPSA) is 12.4 Å². The van der Waals surface area contributed by atoms with Crippen LogP contribution in [0.25, 0.3) is 5.57 Å². The molecule has 1 nitrogen and oxygen atoms in total. The standard InChI is InChI=1S/C17H17N/c1-3-9-15(14-10-5-4-6-11-14)16-12-7-8-13-17(16)18-2/h4-13H,2-3H2,1H3/b15-9-. The van der Waals surface area contributed by atoms with Gasteiger partial charge < -0.3 is 0 Å². The summed E-state index contributed by atoms with van der Waals surface area (Å²) < 4.78 is 0. The highest BCUT2D eigenvalue weighted by atomic mass is 14.7. The van der Waals surface area contributed by atoms with E-state index in [1.54, 1.807) is 0 Å². The van der Waals surface area contributed by atoms with Gasteiger partial charge in [-0.25, -0.2) is 0 Å². The summed E-state index contributed by atoms with van der Waals surface area (Å²) in [5.41, 5.74) is 4.51. The van der Waals surface area contributed by atoms with Gasteiger partial charge in [-0.05, 0) is 30.3 Å². The van der Waals surface area contributed by atoms with E-state index >= 15 is 0 Å². The van der Waals surface area contributed by atoms with Crippen molar-refractivity contribution in [2.75, 3.05) is 0 Å². The number of allylic oxidation sites excluding steroid dienone is 1. The number of rotatable bonds is 4. The molecule has 0 fully saturated rings. The summed E-state index contributed by atoms with van der Waals surface area (Å²) in [5.74, 6) is 0. The van der Waals surface area contributed by atoms with Crippen LogP contribution in [-0.4, -0.2) is 6.72 Å². The summed E-state index contributed by atoms with van der Waals surface area (Å²) >= 11 is 0. The minimum atomic E-state index is 0.932. The number of hydrogen-bond acceptors (Lipinski definition) is 1. The Labute approximate surface area is 109 Å². The fourth-order valence-corrected chi connectivity index (χ4v) is 2.04. The molecular weight excluding hydrogens is 218 g/mol. The van der Waals surface area contributed by atoms with Gasteiger partial charge in [0.15, 0.2) is 0 Å². The predicted octanol–water partition coefficient (Wildman–Crippen LogP) is 4.86. The minimum Gasteiger partial charge on any atom is -0.264 e. The maximum atomic E-state index is 4.11. The van der Waals surface area contributed by atoms with Gasteiger partial charge in [-0.1, -0.05) is 61.5 Å². The van der Waals surface area contributed by atoms with Gasteiger partial charge >= 0.3 is 0 Å². The smallest absolute Gasteiger partial charge is 0.0700 e. The SMILES string of the molecule is C=Nc1ccccc1/C(=C\CC)c1ccccc1. The summed E-state index contributed by atoms with van der Waals surface area (Å²) in [4.78, 5) is 4.11. The highest BCUT2D eigenvalue weighted by Crippen LogP contribution is 2.31. The summed E-state index contributed by atoms with van der Waals surface area (Å²) in [6, 6.07) is 18.5. The van der Waals surface area contributed by atoms with E-state index in [0.29, 0.717) is 0 Å². The first-order chi connectivity index (χ1) is 8.86. The highest BCUT2D eigenvalue weighted by Gasteiger charge is 2.07. The van der Waals surface area contributed by atoms with Gasteiger partial charge in [-0.3, -0.25) is 4.99 Å². The molecule has 90 valence electrons. The third-order valence-electron chi connectivity index (χ3n) is 2.86. The molecule has 2 aromatic rings. The quantitative estimate of drug-likeness (QED) is 0.671. The highest BCUT2D eigenvalue weighted by molar-refractivity contribution is 5.85. The molecule has 2 rings (SSSR count). The average Bonchev–Trinajstić information content (AvgIpc) is 2.46. The fraction of sp³-hybridized carbons (Fsp3) is 0.118. The normalized spacial score (nSPS) is 11.3. The van der Waals surface area contributed by atoms with Gasteiger partial charge in [0.25, 0.3) is 0 Å². The third kappa shape index (κ3) is 2.57. The number of para-hydroxylation sites is 1. The van der Waals surface area contributed by atoms with Crippen LogP contribution < -0.4 is 0 Å². The summed E-state index contributed by atoms with van der Waals surface area (Å²) in [7, 11) is 0. The molecule has 0 bridgehead atoms. The number of aliphatic imine (C=N–C) groups is 1. The zero-order valence-electron chi connectivity index (χ0n) is 10.6. The van der Waals surface area contributed by atoms with Crippen molar-refractivity contribution in [1.82, 2.24) is 0 Å². The zero-order valence-corrected chi connectivity index (χ0v) is 10.6. The summed E-state index contributed by atoms with van der Waals surface area (Å²) in [5, 5.41) is 0. The van der Waals surface area contributed by atoms with E-state index in [1.807, 2.05) is 24.3 Å². The van der Waals surface area contributed by atoms with Crippen molar-refractivity contribution in [1.29, 1.82) is 0 Å². The van der Waals surface area contributed by atoms with Gasteiger partial charge in [0, 0.05) is 5.56 Å². The number of nitrogens with zero attached hydrogens (tertiary/aromatic N) is 1. The van der Waals surface area contributed by atoms with Gasteiger partial charge in [-0.2, -0.15) is 0 Å². The largest absolute Gasteiger partial charge is 0.264 e. The molecule has 0 spiro atoms. The van der Waals surface area contributed by atoms with Crippen molar-refractivity contribution in [2.45, 2.75) is 13.3 Å². The Morgan fingerprint density at radius 1 is 1.06 bits per heavy atom. The van der Waals surface area contributed by atoms with E-state index in [9.17, 15) is 0 Å². The Hall–Kier alpha value is -2.15. The first kappa shape index (κ1) is 12.3. The van der Waals surface area contributed by atoms with Crippen molar-refractivity contribution < 1.29 is 0 Å². The second-order valence-electron chi connectivity index (χ2n) is 4.07. The number of benzene rings is 2. The Morgan fingerprint density at radius 3 is 2.39 bits per heavy atom. The van der Waals surface area contributed by atoms with Crippen LogP contribution in [0.1, 0.15) is 24.5 Å². The van der Waals surface area contributed by atoms with Crippen molar-refractivity contribution in [3.63, 3.8) is 0 Å². The fourth-order valence-electron chi connectivity index (χ4n) is 2.04. The van der Waals surface area contributed by atoms with Gasteiger partial charge in [0.1, 0.15) is 0 Å². The third-order valence-corrected chi connectivity index (χ3v) is 2.86. The molecule has 0 amide bonds. The summed E-state index contributed by atoms with van der Waals surface area (Å²) in [6.45, 7) is 5.80. The van der Waals surface area contributed by atoms with E-state index in [-0.39, 0.29) is 0 Å². The molecule has 0 saturated heterocycles. The molecular formula is C17H17N. The Kier molecular flexibility index (Phi) is 4.08. The molecule has 2 aromatic carbocycles. The van der Waals surface area contributed by atoms with Crippen LogP contribution in [0.5, 0.6) is 0 Å². The average molecular weight is 235 g/mol. The lowest BCUT2D eigenvalue weighted by molar-refractivity contribution is 1.22. The second kappa shape index (κ2) is 5.97. The Morgan fingerprint density at radius 2 is 1.72 bits per heavy atom. The molecule has 0 aromatic heterocycles. The van der Waals surface area contributed by atoms with Gasteiger partial charge in [-0.15, -0.1) is 0 Å². The lowest BCUT2D eigenvalue weighted by atomic mass is 9.96. The van der Waals surface area contributed by atoms with Crippen LogP contribution in [0.2, 0.25) is 0 Å². The van der Waals surface area contributed by atoms with E-state index in [1.165, 1.54) is 11.1 Å². The van der Waals surface area contributed by atoms with Crippen LogP contribution in [0.3, 0.4) is 0 Å². The molecule has 0 heterocycles. The van der Waals surface area contributed by atoms with Crippen molar-refractivity contribution in [3.05, 3.63) is 71.8 Å². The lowest BCUT2D eigenvalue weighted by Crippen LogP contribution is -1.88. The Bertz CT molecular complexity index is 553. The zero-order chi connectivity index (χ0) is 12.8. The van der Waals surface area contributed by atoms with Crippen LogP contribution in [0, 0.1) is 0 Å². The monoisotopic (exact) mass is 235 g/mol. The van der Waals surface area contributed by atoms with Crippen LogP contribution in [0.4, 0.5) is 5.69 Å².